The van der Waals surface area contributed by atoms with Gasteiger partial charge in [0.05, 0.1) is 5.69 Å². The maximum atomic E-state index is 14.0. The molecule has 124 valence electrons. The Morgan fingerprint density at radius 2 is 2.00 bits per heavy atom. The molecule has 24 heavy (non-hydrogen) atoms. The number of rotatable bonds is 3. The van der Waals surface area contributed by atoms with Gasteiger partial charge in [0.25, 0.3) is 0 Å². The first kappa shape index (κ1) is 16.1. The zero-order chi connectivity index (χ0) is 17.5. The molecular formula is C15H12FN3O4S. The summed E-state index contributed by atoms with van der Waals surface area (Å²) >= 11 is 0. The molecule has 3 aromatic rings. The number of benzene rings is 1. The number of oxazole rings is 1. The van der Waals surface area contributed by atoms with Gasteiger partial charge >= 0.3 is 5.76 Å². The summed E-state index contributed by atoms with van der Waals surface area (Å²) in [7, 11) is -4.17. The molecular weight excluding hydrogens is 337 g/mol. The fraction of sp³-hybridized carbons (Fsp3) is 0.0667. The average Bonchev–Trinajstić information content (AvgIpc) is 2.87. The standard InChI is InChI=1S/C15H12FN3O4S/c1-9-3-2-4-14(18-9)19-12(8-23-15(19)20)10-5-6-13(11(16)7-10)24(17,21)22/h2-8H,1H3,(H2,17,21,22). The van der Waals surface area contributed by atoms with Crippen molar-refractivity contribution in [3.63, 3.8) is 0 Å². The molecule has 3 rings (SSSR count). The lowest BCUT2D eigenvalue weighted by molar-refractivity contribution is 0.503. The lowest BCUT2D eigenvalue weighted by Gasteiger charge is -2.07. The van der Waals surface area contributed by atoms with Crippen LogP contribution in [0.4, 0.5) is 4.39 Å². The molecule has 0 saturated heterocycles. The molecule has 0 aliphatic heterocycles. The zero-order valence-electron chi connectivity index (χ0n) is 12.4. The quantitative estimate of drug-likeness (QED) is 0.772. The van der Waals surface area contributed by atoms with Crippen LogP contribution in [-0.2, 0) is 10.0 Å². The van der Waals surface area contributed by atoms with E-state index < -0.39 is 26.5 Å². The molecule has 0 unspecified atom stereocenters. The molecule has 2 heterocycles. The minimum absolute atomic E-state index is 0.234. The van der Waals surface area contributed by atoms with E-state index in [1.807, 2.05) is 0 Å². The molecule has 0 aliphatic rings. The van der Waals surface area contributed by atoms with Crippen LogP contribution in [0.2, 0.25) is 0 Å². The third kappa shape index (κ3) is 2.86. The van der Waals surface area contributed by atoms with Crippen LogP contribution in [0.3, 0.4) is 0 Å². The number of primary sulfonamides is 1. The summed E-state index contributed by atoms with van der Waals surface area (Å²) in [5, 5.41) is 4.94. The van der Waals surface area contributed by atoms with Crippen LogP contribution in [0.5, 0.6) is 0 Å². The van der Waals surface area contributed by atoms with Crippen LogP contribution in [0.25, 0.3) is 17.1 Å². The number of sulfonamides is 1. The third-order valence-electron chi connectivity index (χ3n) is 3.33. The molecule has 0 spiro atoms. The van der Waals surface area contributed by atoms with Crippen molar-refractivity contribution in [1.82, 2.24) is 9.55 Å². The summed E-state index contributed by atoms with van der Waals surface area (Å²) in [6.07, 6.45) is 1.15. The zero-order valence-corrected chi connectivity index (χ0v) is 13.2. The van der Waals surface area contributed by atoms with Crippen LogP contribution in [-0.4, -0.2) is 18.0 Å². The number of halogens is 1. The minimum Gasteiger partial charge on any atom is -0.415 e. The van der Waals surface area contributed by atoms with E-state index in [4.69, 9.17) is 9.56 Å². The van der Waals surface area contributed by atoms with Crippen molar-refractivity contribution in [2.45, 2.75) is 11.8 Å². The number of nitrogens with two attached hydrogens (primary N) is 1. The first-order valence-corrected chi connectivity index (χ1v) is 8.29. The van der Waals surface area contributed by atoms with Crippen molar-refractivity contribution >= 4 is 10.0 Å². The normalized spacial score (nSPS) is 11.6. The van der Waals surface area contributed by atoms with Gasteiger partial charge in [0.15, 0.2) is 0 Å². The Balaban J connectivity index is 2.19. The topological polar surface area (TPSA) is 108 Å². The summed E-state index contributed by atoms with van der Waals surface area (Å²) in [6, 6.07) is 8.41. The first-order valence-electron chi connectivity index (χ1n) is 6.74. The van der Waals surface area contributed by atoms with Gasteiger partial charge in [-0.25, -0.2) is 32.3 Å². The fourth-order valence-corrected chi connectivity index (χ4v) is 2.86. The Morgan fingerprint density at radius 3 is 2.62 bits per heavy atom. The largest absolute Gasteiger partial charge is 0.425 e. The molecule has 9 heteroatoms. The maximum absolute atomic E-state index is 14.0. The minimum atomic E-state index is -4.17. The Morgan fingerprint density at radius 1 is 1.25 bits per heavy atom. The maximum Gasteiger partial charge on any atom is 0.425 e. The highest BCUT2D eigenvalue weighted by atomic mass is 32.2. The highest BCUT2D eigenvalue weighted by molar-refractivity contribution is 7.89. The van der Waals surface area contributed by atoms with E-state index in [1.165, 1.54) is 10.6 Å². The Hall–Kier alpha value is -2.78. The number of hydrogen-bond acceptors (Lipinski definition) is 5. The van der Waals surface area contributed by atoms with Gasteiger partial charge in [-0.15, -0.1) is 0 Å². The van der Waals surface area contributed by atoms with Crippen LogP contribution in [0.1, 0.15) is 5.69 Å². The summed E-state index contributed by atoms with van der Waals surface area (Å²) in [5.41, 5.74) is 1.16. The van der Waals surface area contributed by atoms with Crippen molar-refractivity contribution < 1.29 is 17.2 Å². The summed E-state index contributed by atoms with van der Waals surface area (Å²) in [4.78, 5) is 15.6. The number of hydrogen-bond donors (Lipinski definition) is 1. The molecule has 0 radical (unpaired) electrons. The molecule has 2 aromatic heterocycles. The molecule has 7 nitrogen and oxygen atoms in total. The van der Waals surface area contributed by atoms with Crippen LogP contribution in [0, 0.1) is 12.7 Å². The second kappa shape index (κ2) is 5.69. The highest BCUT2D eigenvalue weighted by Gasteiger charge is 2.18. The van der Waals surface area contributed by atoms with Crippen molar-refractivity contribution in [1.29, 1.82) is 0 Å². The van der Waals surface area contributed by atoms with E-state index in [-0.39, 0.29) is 11.3 Å². The van der Waals surface area contributed by atoms with Crippen molar-refractivity contribution in [3.05, 3.63) is 64.7 Å². The molecule has 0 bridgehead atoms. The van der Waals surface area contributed by atoms with Crippen LogP contribution in [0.15, 0.2) is 56.8 Å². The molecule has 0 amide bonds. The molecule has 2 N–H and O–H groups in total. The van der Waals surface area contributed by atoms with E-state index in [1.54, 1.807) is 25.1 Å². The number of aromatic nitrogens is 2. The molecule has 0 aliphatic carbocycles. The van der Waals surface area contributed by atoms with Gasteiger partial charge in [0, 0.05) is 11.3 Å². The van der Waals surface area contributed by atoms with Gasteiger partial charge in [0.2, 0.25) is 10.0 Å². The predicted molar refractivity (Wildman–Crippen MR) is 83.6 cm³/mol. The predicted octanol–water partition coefficient (Wildman–Crippen LogP) is 1.59. The second-order valence-corrected chi connectivity index (χ2v) is 6.58. The van der Waals surface area contributed by atoms with Crippen molar-refractivity contribution in [3.8, 4) is 17.1 Å². The fourth-order valence-electron chi connectivity index (χ4n) is 2.27. The Labute approximate surface area is 136 Å². The summed E-state index contributed by atoms with van der Waals surface area (Å²) in [5.74, 6) is -1.41. The van der Waals surface area contributed by atoms with Crippen molar-refractivity contribution in [2.24, 2.45) is 5.14 Å². The monoisotopic (exact) mass is 349 g/mol. The van der Waals surface area contributed by atoms with E-state index in [0.717, 1.165) is 18.4 Å². The van der Waals surface area contributed by atoms with E-state index in [0.29, 0.717) is 11.5 Å². The average molecular weight is 349 g/mol. The van der Waals surface area contributed by atoms with Gasteiger partial charge in [0.1, 0.15) is 22.8 Å². The van der Waals surface area contributed by atoms with Crippen molar-refractivity contribution in [2.75, 3.05) is 0 Å². The van der Waals surface area contributed by atoms with E-state index >= 15 is 0 Å². The molecule has 1 aromatic carbocycles. The third-order valence-corrected chi connectivity index (χ3v) is 4.28. The van der Waals surface area contributed by atoms with Gasteiger partial charge in [-0.05, 0) is 31.2 Å². The van der Waals surface area contributed by atoms with E-state index in [9.17, 15) is 17.6 Å². The summed E-state index contributed by atoms with van der Waals surface area (Å²) < 4.78 is 42.7. The van der Waals surface area contributed by atoms with E-state index in [2.05, 4.69) is 4.98 Å². The smallest absolute Gasteiger partial charge is 0.415 e. The Bertz CT molecular complexity index is 1090. The Kier molecular flexibility index (Phi) is 3.82. The molecule has 0 fully saturated rings. The SMILES string of the molecule is Cc1cccc(-n2c(-c3ccc(S(N)(=O)=O)c(F)c3)coc2=O)n1. The van der Waals surface area contributed by atoms with Gasteiger partial charge in [-0.1, -0.05) is 12.1 Å². The highest BCUT2D eigenvalue weighted by Crippen LogP contribution is 2.24. The van der Waals surface area contributed by atoms with Gasteiger partial charge in [-0.3, -0.25) is 0 Å². The number of pyridine rings is 1. The lowest BCUT2D eigenvalue weighted by Crippen LogP contribution is -2.16. The second-order valence-electron chi connectivity index (χ2n) is 5.05. The molecule has 0 saturated carbocycles. The summed E-state index contributed by atoms with van der Waals surface area (Å²) in [6.45, 7) is 1.76. The van der Waals surface area contributed by atoms with Crippen LogP contribution >= 0.6 is 0 Å². The van der Waals surface area contributed by atoms with Gasteiger partial charge in [-0.2, -0.15) is 0 Å². The molecule has 0 atom stereocenters. The number of nitrogens with zero attached hydrogens (tertiary/aromatic N) is 2. The lowest BCUT2D eigenvalue weighted by atomic mass is 10.1. The van der Waals surface area contributed by atoms with Gasteiger partial charge < -0.3 is 4.42 Å². The first-order chi connectivity index (χ1) is 11.3. The number of aryl methyl sites for hydroxylation is 1. The van der Waals surface area contributed by atoms with Crippen LogP contribution < -0.4 is 10.9 Å².